The van der Waals surface area contributed by atoms with Gasteiger partial charge in [-0.15, -0.1) is 0 Å². The molecule has 0 saturated heterocycles. The third kappa shape index (κ3) is 3.36. The summed E-state index contributed by atoms with van der Waals surface area (Å²) in [6.45, 7) is 0.142. The van der Waals surface area contributed by atoms with Gasteiger partial charge in [-0.3, -0.25) is 4.79 Å². The first-order valence-corrected chi connectivity index (χ1v) is 6.34. The number of nitrogens with zero attached hydrogens (tertiary/aromatic N) is 2. The van der Waals surface area contributed by atoms with E-state index in [-0.39, 0.29) is 12.5 Å². The summed E-state index contributed by atoms with van der Waals surface area (Å²) >= 11 is 5.97. The van der Waals surface area contributed by atoms with Gasteiger partial charge in [-0.25, -0.2) is 4.68 Å². The van der Waals surface area contributed by atoms with Crippen molar-refractivity contribution in [3.63, 3.8) is 0 Å². The number of aromatic nitrogens is 2. The third-order valence-corrected chi connectivity index (χ3v) is 2.89. The van der Waals surface area contributed by atoms with Crippen LogP contribution in [0.15, 0.2) is 36.7 Å². The van der Waals surface area contributed by atoms with Gasteiger partial charge in [-0.05, 0) is 24.3 Å². The molecule has 1 aromatic carbocycles. The summed E-state index contributed by atoms with van der Waals surface area (Å²) in [4.78, 5) is 11.9. The zero-order chi connectivity index (χ0) is 14.5. The topological polar surface area (TPSA) is 82.2 Å². The van der Waals surface area contributed by atoms with Gasteiger partial charge in [0.2, 0.25) is 5.91 Å². The Bertz CT molecular complexity index is 586. The molecular weight excluding hydrogens is 280 g/mol. The predicted octanol–water partition coefficient (Wildman–Crippen LogP) is 1.44. The SMILES string of the molecule is COCC(N)C(=O)Nc1cc(Cl)ccc1-n1cccn1. The molecule has 1 amide bonds. The first-order chi connectivity index (χ1) is 9.61. The van der Waals surface area contributed by atoms with Crippen LogP contribution in [0.1, 0.15) is 0 Å². The Kier molecular flexibility index (Phi) is 4.73. The Morgan fingerprint density at radius 3 is 3.05 bits per heavy atom. The van der Waals surface area contributed by atoms with Crippen molar-refractivity contribution in [2.24, 2.45) is 5.73 Å². The van der Waals surface area contributed by atoms with Crippen molar-refractivity contribution in [2.75, 3.05) is 19.0 Å². The fraction of sp³-hybridized carbons (Fsp3) is 0.231. The fourth-order valence-corrected chi connectivity index (χ4v) is 1.87. The number of rotatable bonds is 5. The van der Waals surface area contributed by atoms with Crippen LogP contribution in [0.25, 0.3) is 5.69 Å². The maximum atomic E-state index is 11.9. The van der Waals surface area contributed by atoms with E-state index in [9.17, 15) is 4.79 Å². The molecule has 0 fully saturated rings. The highest BCUT2D eigenvalue weighted by Crippen LogP contribution is 2.24. The van der Waals surface area contributed by atoms with E-state index in [1.54, 1.807) is 41.3 Å². The molecule has 0 aliphatic heterocycles. The lowest BCUT2D eigenvalue weighted by molar-refractivity contribution is -0.118. The van der Waals surface area contributed by atoms with Crippen LogP contribution in [-0.2, 0) is 9.53 Å². The van der Waals surface area contributed by atoms with E-state index in [1.807, 2.05) is 0 Å². The van der Waals surface area contributed by atoms with Gasteiger partial charge in [-0.1, -0.05) is 11.6 Å². The highest BCUT2D eigenvalue weighted by Gasteiger charge is 2.15. The summed E-state index contributed by atoms with van der Waals surface area (Å²) in [6.07, 6.45) is 3.42. The average molecular weight is 295 g/mol. The van der Waals surface area contributed by atoms with Crippen molar-refractivity contribution in [3.05, 3.63) is 41.7 Å². The summed E-state index contributed by atoms with van der Waals surface area (Å²) in [6, 6.07) is 6.19. The minimum Gasteiger partial charge on any atom is -0.383 e. The Hall–Kier alpha value is -1.89. The summed E-state index contributed by atoms with van der Waals surface area (Å²) < 4.78 is 6.49. The van der Waals surface area contributed by atoms with Crippen LogP contribution in [0.3, 0.4) is 0 Å². The van der Waals surface area contributed by atoms with E-state index < -0.39 is 6.04 Å². The molecule has 7 heteroatoms. The van der Waals surface area contributed by atoms with Gasteiger partial charge < -0.3 is 15.8 Å². The van der Waals surface area contributed by atoms with Crippen LogP contribution in [-0.4, -0.2) is 35.4 Å². The molecule has 2 aromatic rings. The van der Waals surface area contributed by atoms with Crippen LogP contribution in [0.5, 0.6) is 0 Å². The smallest absolute Gasteiger partial charge is 0.243 e. The fourth-order valence-electron chi connectivity index (χ4n) is 1.70. The van der Waals surface area contributed by atoms with Crippen molar-refractivity contribution >= 4 is 23.2 Å². The lowest BCUT2D eigenvalue weighted by atomic mass is 10.2. The number of hydrogen-bond acceptors (Lipinski definition) is 4. The quantitative estimate of drug-likeness (QED) is 0.874. The summed E-state index contributed by atoms with van der Waals surface area (Å²) in [7, 11) is 1.49. The number of anilines is 1. The van der Waals surface area contributed by atoms with Gasteiger partial charge in [0.05, 0.1) is 18.0 Å². The van der Waals surface area contributed by atoms with Crippen molar-refractivity contribution < 1.29 is 9.53 Å². The van der Waals surface area contributed by atoms with Crippen LogP contribution in [0.4, 0.5) is 5.69 Å². The lowest BCUT2D eigenvalue weighted by Crippen LogP contribution is -2.39. The standard InChI is InChI=1S/C13H15ClN4O2/c1-20-8-10(15)13(19)17-11-7-9(14)3-4-12(11)18-6-2-5-16-18/h2-7,10H,8,15H2,1H3,(H,17,19). The van der Waals surface area contributed by atoms with Crippen molar-refractivity contribution in [1.29, 1.82) is 0 Å². The summed E-state index contributed by atoms with van der Waals surface area (Å²) in [5, 5.41) is 7.38. The number of carbonyl (C=O) groups excluding carboxylic acids is 1. The second kappa shape index (κ2) is 6.51. The lowest BCUT2D eigenvalue weighted by Gasteiger charge is -2.14. The molecule has 20 heavy (non-hydrogen) atoms. The molecule has 1 unspecified atom stereocenters. The van der Waals surface area contributed by atoms with Crippen molar-refractivity contribution in [3.8, 4) is 5.69 Å². The first kappa shape index (κ1) is 14.5. The van der Waals surface area contributed by atoms with Crippen LogP contribution in [0.2, 0.25) is 5.02 Å². The zero-order valence-electron chi connectivity index (χ0n) is 10.9. The second-order valence-electron chi connectivity index (χ2n) is 4.16. The van der Waals surface area contributed by atoms with E-state index in [4.69, 9.17) is 22.1 Å². The number of methoxy groups -OCH3 is 1. The molecule has 3 N–H and O–H groups in total. The number of nitrogens with two attached hydrogens (primary N) is 1. The number of halogens is 1. The summed E-state index contributed by atoms with van der Waals surface area (Å²) in [5.41, 5.74) is 6.94. The van der Waals surface area contributed by atoms with Gasteiger partial charge in [0.15, 0.2) is 0 Å². The Balaban J connectivity index is 2.26. The molecule has 6 nitrogen and oxygen atoms in total. The van der Waals surface area contributed by atoms with E-state index in [1.165, 1.54) is 7.11 Å². The third-order valence-electron chi connectivity index (χ3n) is 2.65. The molecule has 1 aromatic heterocycles. The molecule has 0 bridgehead atoms. The molecule has 0 saturated carbocycles. The molecular formula is C13H15ClN4O2. The van der Waals surface area contributed by atoms with Crippen LogP contribution < -0.4 is 11.1 Å². The van der Waals surface area contributed by atoms with E-state index >= 15 is 0 Å². The van der Waals surface area contributed by atoms with Crippen molar-refractivity contribution in [1.82, 2.24) is 9.78 Å². The molecule has 2 rings (SSSR count). The number of ether oxygens (including phenoxy) is 1. The van der Waals surface area contributed by atoms with Gasteiger partial charge in [0.25, 0.3) is 0 Å². The Morgan fingerprint density at radius 1 is 1.60 bits per heavy atom. The van der Waals surface area contributed by atoms with E-state index in [2.05, 4.69) is 10.4 Å². The van der Waals surface area contributed by atoms with Crippen LogP contribution in [0, 0.1) is 0 Å². The normalized spacial score (nSPS) is 12.2. The first-order valence-electron chi connectivity index (χ1n) is 5.96. The van der Waals surface area contributed by atoms with E-state index in [0.29, 0.717) is 16.4 Å². The number of hydrogen-bond donors (Lipinski definition) is 2. The average Bonchev–Trinajstić information content (AvgIpc) is 2.93. The van der Waals surface area contributed by atoms with Crippen molar-refractivity contribution in [2.45, 2.75) is 6.04 Å². The predicted molar refractivity (Wildman–Crippen MR) is 77.1 cm³/mol. The highest BCUT2D eigenvalue weighted by molar-refractivity contribution is 6.31. The molecule has 0 spiro atoms. The molecule has 0 radical (unpaired) electrons. The Morgan fingerprint density at radius 2 is 2.40 bits per heavy atom. The second-order valence-corrected chi connectivity index (χ2v) is 4.60. The number of amides is 1. The monoisotopic (exact) mass is 294 g/mol. The molecule has 106 valence electrons. The van der Waals surface area contributed by atoms with Gasteiger partial charge in [0.1, 0.15) is 6.04 Å². The zero-order valence-corrected chi connectivity index (χ0v) is 11.7. The largest absolute Gasteiger partial charge is 0.383 e. The molecule has 1 atom stereocenters. The maximum Gasteiger partial charge on any atom is 0.243 e. The van der Waals surface area contributed by atoms with Gasteiger partial charge >= 0.3 is 0 Å². The minimum absolute atomic E-state index is 0.142. The molecule has 1 heterocycles. The summed E-state index contributed by atoms with van der Waals surface area (Å²) in [5.74, 6) is -0.345. The minimum atomic E-state index is -0.746. The highest BCUT2D eigenvalue weighted by atomic mass is 35.5. The molecule has 0 aliphatic rings. The number of carbonyl (C=O) groups is 1. The molecule has 0 aliphatic carbocycles. The van der Waals surface area contributed by atoms with E-state index in [0.717, 1.165) is 0 Å². The maximum absolute atomic E-state index is 11.9. The number of nitrogens with one attached hydrogen (secondary N) is 1. The number of benzene rings is 1. The van der Waals surface area contributed by atoms with Gasteiger partial charge in [-0.2, -0.15) is 5.10 Å². The Labute approximate surface area is 121 Å². The van der Waals surface area contributed by atoms with Gasteiger partial charge in [0, 0.05) is 24.5 Å². The van der Waals surface area contributed by atoms with Crippen LogP contribution >= 0.6 is 11.6 Å².